The fourth-order valence-corrected chi connectivity index (χ4v) is 6.01. The number of rotatable bonds is 0. The normalized spacial score (nSPS) is 19.0. The van der Waals surface area contributed by atoms with E-state index < -0.39 is 41.7 Å². The molecule has 4 fully saturated rings. The predicted molar refractivity (Wildman–Crippen MR) is 192 cm³/mol. The molecule has 8 heteroatoms. The second kappa shape index (κ2) is 36.4. The van der Waals surface area contributed by atoms with Gasteiger partial charge in [0, 0.05) is 0 Å². The van der Waals surface area contributed by atoms with Crippen LogP contribution in [0.4, 0.5) is 0 Å². The van der Waals surface area contributed by atoms with Gasteiger partial charge in [0.2, 0.25) is 0 Å². The molecule has 2 heterocycles. The molecular weight excluding hydrogens is 742 g/mol. The van der Waals surface area contributed by atoms with Gasteiger partial charge in [-0.15, -0.1) is 0 Å². The Morgan fingerprint density at radius 1 is 0.610 bits per heavy atom. The fourth-order valence-electron chi connectivity index (χ4n) is 6.01. The number of fused-ring (bicyclic) bond motifs is 2. The summed E-state index contributed by atoms with van der Waals surface area (Å²) in [6.07, 6.45) is 25.8. The molecular formula is C33H58B2Cl4Zr2. The third kappa shape index (κ3) is 26.8. The van der Waals surface area contributed by atoms with Crippen molar-refractivity contribution < 1.29 is 41.7 Å². The Hall–Kier alpha value is 1.89. The van der Waals surface area contributed by atoms with Crippen LogP contribution < -0.4 is 0 Å². The zero-order chi connectivity index (χ0) is 27.0. The molecule has 0 spiro atoms. The van der Waals surface area contributed by atoms with E-state index in [1.54, 1.807) is 25.6 Å². The molecule has 1 aromatic heterocycles. The van der Waals surface area contributed by atoms with Crippen molar-refractivity contribution in [2.24, 2.45) is 11.8 Å². The summed E-state index contributed by atoms with van der Waals surface area (Å²) in [5.74, 6) is 6.45. The third-order valence-corrected chi connectivity index (χ3v) is 7.96. The topological polar surface area (TPSA) is 0 Å². The molecule has 232 valence electrons. The molecule has 4 aliphatic rings. The van der Waals surface area contributed by atoms with Crippen molar-refractivity contribution in [1.29, 1.82) is 0 Å². The zero-order valence-corrected chi connectivity index (χ0v) is 34.8. The predicted octanol–water partition coefficient (Wildman–Crippen LogP) is 14.0. The number of benzene rings is 1. The fraction of sp³-hybridized carbons (Fsp3) is 0.606. The molecule has 1 aromatic carbocycles. The summed E-state index contributed by atoms with van der Waals surface area (Å²) in [6, 6.07) is 10.5. The summed E-state index contributed by atoms with van der Waals surface area (Å²) < 4.78 is 0. The quantitative estimate of drug-likeness (QED) is 0.184. The van der Waals surface area contributed by atoms with Crippen LogP contribution in [0.1, 0.15) is 96.3 Å². The van der Waals surface area contributed by atoms with Crippen molar-refractivity contribution in [2.75, 3.05) is 0 Å². The SMILES string of the molecule is C1CCCC1.C1CCCC1.CB1CCC2CCCCC2C1.[CH3-].[CH3-].[CH3-].[CH3-].[Cl][Zr+2][Cl].[Cl][Zr+2][Cl].b1ccc2ccccc2c1. The Kier molecular flexibility index (Phi) is 44.1. The minimum atomic E-state index is -0.826. The van der Waals surface area contributed by atoms with Crippen molar-refractivity contribution in [3.63, 3.8) is 0 Å². The Morgan fingerprint density at radius 3 is 1.46 bits per heavy atom. The van der Waals surface area contributed by atoms with Crippen LogP contribution in [0.2, 0.25) is 19.5 Å². The van der Waals surface area contributed by atoms with Crippen molar-refractivity contribution in [3.05, 3.63) is 72.0 Å². The van der Waals surface area contributed by atoms with Gasteiger partial charge in [-0.1, -0.05) is 116 Å². The molecule has 0 radical (unpaired) electrons. The monoisotopic (exact) mass is 796 g/mol. The first-order chi connectivity index (χ1) is 18.2. The standard InChI is InChI=1S/C10H19B.C9H7B.2C5H10.4CH3.4ClH.2Zr/c1-11-7-6-9-4-2-3-5-10(9)8-11;1-2-4-9-7-10-6-5-8(9)3-1;2*1-2-4-5-3-1;;;;;;;;;;/h9-10H,2-8H2,1H3;1-7H;2*1-5H2;4*1H3;4*1H;;/q;;;;4*-1;;;;;2*+4/p-4. The van der Waals surface area contributed by atoms with Gasteiger partial charge in [0.25, 0.3) is 0 Å². The Morgan fingerprint density at radius 2 is 1.02 bits per heavy atom. The maximum absolute atomic E-state index is 4.93. The van der Waals surface area contributed by atoms with E-state index in [0.29, 0.717) is 0 Å². The second-order valence-corrected chi connectivity index (χ2v) is 18.2. The summed E-state index contributed by atoms with van der Waals surface area (Å²) in [6.45, 7) is 5.53. The van der Waals surface area contributed by atoms with E-state index in [0.717, 1.165) is 18.5 Å². The van der Waals surface area contributed by atoms with Crippen molar-refractivity contribution >= 4 is 58.4 Å². The van der Waals surface area contributed by atoms with Crippen LogP contribution >= 0.6 is 34.1 Å². The number of halogens is 4. The molecule has 2 atom stereocenters. The molecule has 6 rings (SSSR count). The molecule has 3 aliphatic carbocycles. The van der Waals surface area contributed by atoms with Crippen molar-refractivity contribution in [2.45, 2.75) is 116 Å². The second-order valence-electron chi connectivity index (χ2n) is 10.7. The zero-order valence-electron chi connectivity index (χ0n) is 26.9. The van der Waals surface area contributed by atoms with E-state index in [1.165, 1.54) is 94.1 Å². The van der Waals surface area contributed by atoms with Gasteiger partial charge in [-0.05, 0) is 11.8 Å². The molecule has 2 unspecified atom stereocenters. The number of hydrogen-bond donors (Lipinski definition) is 0. The van der Waals surface area contributed by atoms with Crippen molar-refractivity contribution in [3.8, 4) is 0 Å². The first-order valence-corrected chi connectivity index (χ1v) is 27.2. The van der Waals surface area contributed by atoms with Gasteiger partial charge in [-0.3, -0.25) is 0 Å². The van der Waals surface area contributed by atoms with Crippen LogP contribution in [0.3, 0.4) is 0 Å². The van der Waals surface area contributed by atoms with E-state index in [2.05, 4.69) is 56.0 Å². The van der Waals surface area contributed by atoms with Crippen LogP contribution in [0.15, 0.2) is 42.3 Å². The molecule has 41 heavy (non-hydrogen) atoms. The first kappa shape index (κ1) is 49.8. The van der Waals surface area contributed by atoms with Gasteiger partial charge in [0.05, 0.1) is 0 Å². The Balaban J connectivity index is -0.000000211. The molecule has 0 N–H and O–H groups in total. The maximum atomic E-state index is 4.93. The summed E-state index contributed by atoms with van der Waals surface area (Å²) in [5, 5.41) is 2.62. The van der Waals surface area contributed by atoms with Crippen molar-refractivity contribution in [1.82, 2.24) is 0 Å². The summed E-state index contributed by atoms with van der Waals surface area (Å²) >= 11 is -1.65. The van der Waals surface area contributed by atoms with Crippen LogP contribution in [-0.4, -0.2) is 13.6 Å². The summed E-state index contributed by atoms with van der Waals surface area (Å²) in [5.41, 5.74) is 0. The van der Waals surface area contributed by atoms with Gasteiger partial charge in [-0.25, -0.2) is 0 Å². The van der Waals surface area contributed by atoms with Gasteiger partial charge in [-0.2, -0.15) is 0 Å². The Labute approximate surface area is 296 Å². The average Bonchev–Trinajstić information content (AvgIpc) is 3.70. The molecule has 0 bridgehead atoms. The van der Waals surface area contributed by atoms with Crippen LogP contribution in [0.25, 0.3) is 10.8 Å². The number of hydrogen-bond acceptors (Lipinski definition) is 0. The average molecular weight is 801 g/mol. The van der Waals surface area contributed by atoms with E-state index in [1.807, 2.05) is 0 Å². The van der Waals surface area contributed by atoms with E-state index in [-0.39, 0.29) is 29.7 Å². The molecule has 1 saturated heterocycles. The van der Waals surface area contributed by atoms with Crippen LogP contribution in [0, 0.1) is 41.5 Å². The van der Waals surface area contributed by atoms with Gasteiger partial charge < -0.3 is 29.7 Å². The first-order valence-electron chi connectivity index (χ1n) is 14.5. The molecule has 0 nitrogen and oxygen atoms in total. The summed E-state index contributed by atoms with van der Waals surface area (Å²) in [4.78, 5) is 0. The van der Waals surface area contributed by atoms with Gasteiger partial charge in [0.1, 0.15) is 6.71 Å². The van der Waals surface area contributed by atoms with E-state index in [9.17, 15) is 0 Å². The van der Waals surface area contributed by atoms with Crippen LogP contribution in [-0.2, 0) is 41.7 Å². The van der Waals surface area contributed by atoms with E-state index in [4.69, 9.17) is 34.1 Å². The minimum absolute atomic E-state index is 0. The molecule has 3 saturated carbocycles. The third-order valence-electron chi connectivity index (χ3n) is 7.96. The Bertz CT molecular complexity index is 672. The molecule has 0 amide bonds. The van der Waals surface area contributed by atoms with E-state index >= 15 is 0 Å². The summed E-state index contributed by atoms with van der Waals surface area (Å²) in [7, 11) is 19.7. The van der Waals surface area contributed by atoms with Gasteiger partial charge >= 0.3 is 136 Å². The van der Waals surface area contributed by atoms with Gasteiger partial charge in [0.15, 0.2) is 0 Å². The van der Waals surface area contributed by atoms with Crippen LogP contribution in [0.5, 0.6) is 0 Å². The molecule has 2 aromatic rings. The molecule has 1 aliphatic heterocycles.